The number of halogens is 2. The lowest BCUT2D eigenvalue weighted by atomic mass is 10.2. The maximum atomic E-state index is 13.4. The molecule has 16 heavy (non-hydrogen) atoms. The maximum Gasteiger partial charge on any atom is 0.146 e. The molecule has 0 radical (unpaired) electrons. The van der Waals surface area contributed by atoms with Crippen LogP contribution in [0.2, 0.25) is 0 Å². The summed E-state index contributed by atoms with van der Waals surface area (Å²) >= 11 is 4.90. The normalized spacial score (nSPS) is 12.4. The van der Waals surface area contributed by atoms with E-state index in [1.807, 2.05) is 6.92 Å². The molecule has 2 rings (SSSR count). The SMILES string of the molecule is CC(Nc1ccccc1F)c1ncc(Br)s1. The van der Waals surface area contributed by atoms with Crippen LogP contribution in [0.25, 0.3) is 0 Å². The Morgan fingerprint density at radius 1 is 1.44 bits per heavy atom. The van der Waals surface area contributed by atoms with Gasteiger partial charge >= 0.3 is 0 Å². The van der Waals surface area contributed by atoms with Gasteiger partial charge < -0.3 is 5.32 Å². The van der Waals surface area contributed by atoms with E-state index in [1.165, 1.54) is 6.07 Å². The van der Waals surface area contributed by atoms with Crippen LogP contribution in [0.15, 0.2) is 34.2 Å². The molecular formula is C11H10BrFN2S. The number of hydrogen-bond acceptors (Lipinski definition) is 3. The number of rotatable bonds is 3. The summed E-state index contributed by atoms with van der Waals surface area (Å²) in [6, 6.07) is 6.62. The summed E-state index contributed by atoms with van der Waals surface area (Å²) in [5.41, 5.74) is 0.501. The molecule has 84 valence electrons. The number of thiazole rings is 1. The standard InChI is InChI=1S/C11H10BrFN2S/c1-7(11-14-6-10(12)16-11)15-9-5-3-2-4-8(9)13/h2-7,15H,1H3. The molecule has 0 amide bonds. The van der Waals surface area contributed by atoms with Crippen molar-refractivity contribution >= 4 is 33.0 Å². The molecule has 0 fully saturated rings. The molecule has 1 aromatic carbocycles. The van der Waals surface area contributed by atoms with Gasteiger partial charge in [-0.05, 0) is 35.0 Å². The first-order valence-electron chi connectivity index (χ1n) is 4.79. The fraction of sp³-hybridized carbons (Fsp3) is 0.182. The Kier molecular flexibility index (Phi) is 3.56. The third-order valence-electron chi connectivity index (χ3n) is 2.11. The van der Waals surface area contributed by atoms with Crippen LogP contribution in [0.4, 0.5) is 10.1 Å². The summed E-state index contributed by atoms with van der Waals surface area (Å²) in [6.07, 6.45) is 1.75. The second-order valence-electron chi connectivity index (χ2n) is 3.35. The average molecular weight is 301 g/mol. The smallest absolute Gasteiger partial charge is 0.146 e. The third-order valence-corrected chi connectivity index (χ3v) is 3.77. The topological polar surface area (TPSA) is 24.9 Å². The molecule has 1 heterocycles. The quantitative estimate of drug-likeness (QED) is 0.918. The highest BCUT2D eigenvalue weighted by molar-refractivity contribution is 9.11. The van der Waals surface area contributed by atoms with E-state index in [0.717, 1.165) is 8.79 Å². The third kappa shape index (κ3) is 2.59. The Hall–Kier alpha value is -0.940. The second kappa shape index (κ2) is 4.93. The van der Waals surface area contributed by atoms with Crippen molar-refractivity contribution in [2.24, 2.45) is 0 Å². The van der Waals surface area contributed by atoms with Crippen molar-refractivity contribution in [2.45, 2.75) is 13.0 Å². The Morgan fingerprint density at radius 3 is 2.81 bits per heavy atom. The molecule has 1 unspecified atom stereocenters. The number of aromatic nitrogens is 1. The number of benzene rings is 1. The van der Waals surface area contributed by atoms with Crippen molar-refractivity contribution in [2.75, 3.05) is 5.32 Å². The van der Waals surface area contributed by atoms with Gasteiger partial charge in [-0.2, -0.15) is 0 Å². The number of nitrogens with zero attached hydrogens (tertiary/aromatic N) is 1. The van der Waals surface area contributed by atoms with Crippen molar-refractivity contribution in [1.29, 1.82) is 0 Å². The van der Waals surface area contributed by atoms with Crippen molar-refractivity contribution in [3.05, 3.63) is 45.1 Å². The summed E-state index contributed by atoms with van der Waals surface area (Å²) in [5.74, 6) is -0.245. The Morgan fingerprint density at radius 2 is 2.19 bits per heavy atom. The van der Waals surface area contributed by atoms with Crippen LogP contribution in [0.5, 0.6) is 0 Å². The van der Waals surface area contributed by atoms with Gasteiger partial charge in [0.25, 0.3) is 0 Å². The summed E-state index contributed by atoms with van der Waals surface area (Å²) < 4.78 is 14.4. The van der Waals surface area contributed by atoms with E-state index >= 15 is 0 Å². The van der Waals surface area contributed by atoms with E-state index in [-0.39, 0.29) is 11.9 Å². The Balaban J connectivity index is 2.13. The molecule has 0 saturated heterocycles. The van der Waals surface area contributed by atoms with E-state index in [9.17, 15) is 4.39 Å². The highest BCUT2D eigenvalue weighted by Gasteiger charge is 2.11. The molecular weight excluding hydrogens is 291 g/mol. The number of para-hydroxylation sites is 1. The van der Waals surface area contributed by atoms with Gasteiger partial charge in [0.15, 0.2) is 0 Å². The highest BCUT2D eigenvalue weighted by Crippen LogP contribution is 2.27. The molecule has 5 heteroatoms. The first kappa shape index (κ1) is 11.5. The lowest BCUT2D eigenvalue weighted by Gasteiger charge is -2.12. The Labute approximate surface area is 106 Å². The highest BCUT2D eigenvalue weighted by atomic mass is 79.9. The van der Waals surface area contributed by atoms with Gasteiger partial charge in [-0.1, -0.05) is 12.1 Å². The summed E-state index contributed by atoms with van der Waals surface area (Å²) in [6.45, 7) is 1.96. The van der Waals surface area contributed by atoms with Crippen LogP contribution in [0, 0.1) is 5.82 Å². The summed E-state index contributed by atoms with van der Waals surface area (Å²) in [4.78, 5) is 4.23. The summed E-state index contributed by atoms with van der Waals surface area (Å²) in [5, 5.41) is 4.02. The van der Waals surface area contributed by atoms with E-state index < -0.39 is 0 Å². The zero-order valence-electron chi connectivity index (χ0n) is 8.58. The molecule has 1 N–H and O–H groups in total. The van der Waals surface area contributed by atoms with E-state index in [0.29, 0.717) is 5.69 Å². The Bertz CT molecular complexity index is 486. The van der Waals surface area contributed by atoms with Gasteiger partial charge in [-0.15, -0.1) is 11.3 Å². The van der Waals surface area contributed by atoms with Crippen LogP contribution < -0.4 is 5.32 Å². The largest absolute Gasteiger partial charge is 0.374 e. The van der Waals surface area contributed by atoms with Crippen molar-refractivity contribution in [3.8, 4) is 0 Å². The summed E-state index contributed by atoms with van der Waals surface area (Å²) in [7, 11) is 0. The van der Waals surface area contributed by atoms with E-state index in [1.54, 1.807) is 35.7 Å². The van der Waals surface area contributed by atoms with Gasteiger partial charge in [0, 0.05) is 0 Å². The van der Waals surface area contributed by atoms with Gasteiger partial charge in [0.2, 0.25) is 0 Å². The fourth-order valence-corrected chi connectivity index (χ4v) is 2.59. The minimum absolute atomic E-state index is 0.00630. The molecule has 0 spiro atoms. The molecule has 0 saturated carbocycles. The lowest BCUT2D eigenvalue weighted by molar-refractivity contribution is 0.627. The maximum absolute atomic E-state index is 13.4. The van der Waals surface area contributed by atoms with Crippen LogP contribution >= 0.6 is 27.3 Å². The second-order valence-corrected chi connectivity index (χ2v) is 5.79. The van der Waals surface area contributed by atoms with Gasteiger partial charge in [0.05, 0.1) is 21.7 Å². The van der Waals surface area contributed by atoms with Crippen LogP contribution in [-0.2, 0) is 0 Å². The molecule has 0 aliphatic heterocycles. The zero-order valence-corrected chi connectivity index (χ0v) is 11.0. The van der Waals surface area contributed by atoms with Crippen molar-refractivity contribution in [3.63, 3.8) is 0 Å². The fourth-order valence-electron chi connectivity index (χ4n) is 1.34. The molecule has 2 nitrogen and oxygen atoms in total. The van der Waals surface area contributed by atoms with Crippen molar-refractivity contribution < 1.29 is 4.39 Å². The zero-order chi connectivity index (χ0) is 11.5. The minimum atomic E-state index is -0.245. The first-order valence-corrected chi connectivity index (χ1v) is 6.40. The van der Waals surface area contributed by atoms with Crippen LogP contribution in [-0.4, -0.2) is 4.98 Å². The molecule has 0 aliphatic rings. The number of hydrogen-bond donors (Lipinski definition) is 1. The number of anilines is 1. The monoisotopic (exact) mass is 300 g/mol. The van der Waals surface area contributed by atoms with Gasteiger partial charge in [-0.3, -0.25) is 0 Å². The molecule has 1 aromatic heterocycles. The van der Waals surface area contributed by atoms with Crippen LogP contribution in [0.3, 0.4) is 0 Å². The van der Waals surface area contributed by atoms with Crippen LogP contribution in [0.1, 0.15) is 18.0 Å². The van der Waals surface area contributed by atoms with Crippen molar-refractivity contribution in [1.82, 2.24) is 4.98 Å². The minimum Gasteiger partial charge on any atom is -0.374 e. The predicted molar refractivity (Wildman–Crippen MR) is 68.3 cm³/mol. The van der Waals surface area contributed by atoms with E-state index in [4.69, 9.17) is 0 Å². The predicted octanol–water partition coefficient (Wildman–Crippen LogP) is 4.22. The lowest BCUT2D eigenvalue weighted by Crippen LogP contribution is -2.07. The number of nitrogens with one attached hydrogen (secondary N) is 1. The molecule has 0 bridgehead atoms. The molecule has 2 aromatic rings. The van der Waals surface area contributed by atoms with Gasteiger partial charge in [-0.25, -0.2) is 9.37 Å². The molecule has 0 aliphatic carbocycles. The van der Waals surface area contributed by atoms with E-state index in [2.05, 4.69) is 26.2 Å². The van der Waals surface area contributed by atoms with Gasteiger partial charge in [0.1, 0.15) is 10.8 Å². The molecule has 1 atom stereocenters. The average Bonchev–Trinajstić information content (AvgIpc) is 2.68. The first-order chi connectivity index (χ1) is 7.66.